The first-order chi connectivity index (χ1) is 12.7. The van der Waals surface area contributed by atoms with E-state index in [1.165, 1.54) is 59.9 Å². The molecule has 0 bridgehead atoms. The Morgan fingerprint density at radius 2 is 1.46 bits per heavy atom. The average molecular weight is 371 g/mol. The van der Waals surface area contributed by atoms with Gasteiger partial charge in [0.2, 0.25) is 0 Å². The van der Waals surface area contributed by atoms with E-state index < -0.39 is 5.97 Å². The molecular formula is C23H30O2S. The predicted octanol–water partition coefficient (Wildman–Crippen LogP) is 7.08. The van der Waals surface area contributed by atoms with E-state index in [1.807, 2.05) is 11.8 Å². The minimum atomic E-state index is -0.855. The molecule has 0 aliphatic rings. The number of carboxylic acid groups (broad SMARTS) is 1. The van der Waals surface area contributed by atoms with Gasteiger partial charge in [-0.25, -0.2) is 4.79 Å². The fourth-order valence-corrected chi connectivity index (χ4v) is 4.01. The number of fused-ring (bicyclic) bond motifs is 1. The predicted molar refractivity (Wildman–Crippen MR) is 113 cm³/mol. The van der Waals surface area contributed by atoms with Crippen molar-refractivity contribution < 1.29 is 9.90 Å². The molecule has 0 saturated heterocycles. The molecule has 0 radical (unpaired) electrons. The van der Waals surface area contributed by atoms with E-state index in [1.54, 1.807) is 0 Å². The van der Waals surface area contributed by atoms with Crippen LogP contribution in [0.2, 0.25) is 0 Å². The van der Waals surface area contributed by atoms with Crippen LogP contribution in [0.4, 0.5) is 0 Å². The third-order valence-electron chi connectivity index (χ3n) is 4.67. The molecule has 26 heavy (non-hydrogen) atoms. The summed E-state index contributed by atoms with van der Waals surface area (Å²) < 4.78 is 0. The number of hydrogen-bond acceptors (Lipinski definition) is 2. The first-order valence-electron chi connectivity index (χ1n) is 9.69. The molecule has 2 aromatic carbocycles. The summed E-state index contributed by atoms with van der Waals surface area (Å²) in [5.74, 6) is 0.335. The van der Waals surface area contributed by atoms with Crippen molar-refractivity contribution in [1.29, 1.82) is 0 Å². The number of carbonyl (C=O) groups is 1. The zero-order chi connectivity index (χ0) is 18.6. The Bertz CT molecular complexity index is 708. The Morgan fingerprint density at radius 3 is 2.15 bits per heavy atom. The van der Waals surface area contributed by atoms with E-state index in [0.717, 1.165) is 12.8 Å². The number of unbranched alkanes of at least 4 members (excludes halogenated alkanes) is 7. The lowest BCUT2D eigenvalue weighted by Gasteiger charge is -2.05. The molecule has 0 heterocycles. The topological polar surface area (TPSA) is 37.3 Å². The first kappa shape index (κ1) is 20.6. The number of hydrogen-bond donors (Lipinski definition) is 1. The van der Waals surface area contributed by atoms with Crippen LogP contribution in [0.5, 0.6) is 0 Å². The third kappa shape index (κ3) is 7.65. The van der Waals surface area contributed by atoms with Crippen molar-refractivity contribution in [3.63, 3.8) is 0 Å². The van der Waals surface area contributed by atoms with Crippen molar-refractivity contribution in [2.75, 3.05) is 5.75 Å². The fraction of sp³-hybridized carbons (Fsp3) is 0.435. The Kier molecular flexibility index (Phi) is 9.33. The van der Waals surface area contributed by atoms with Crippen LogP contribution in [-0.4, -0.2) is 16.8 Å². The van der Waals surface area contributed by atoms with Gasteiger partial charge in [-0.15, -0.1) is 11.8 Å². The largest absolute Gasteiger partial charge is 0.478 e. The maximum Gasteiger partial charge on any atom is 0.330 e. The second-order valence-corrected chi connectivity index (χ2v) is 8.01. The summed E-state index contributed by atoms with van der Waals surface area (Å²) in [4.78, 5) is 12.0. The summed E-state index contributed by atoms with van der Waals surface area (Å²) in [5.41, 5.74) is 0.342. The molecule has 2 aromatic rings. The number of carboxylic acids is 1. The normalized spacial score (nSPS) is 10.9. The van der Waals surface area contributed by atoms with Crippen LogP contribution >= 0.6 is 11.8 Å². The second-order valence-electron chi connectivity index (χ2n) is 6.84. The number of aliphatic carboxylic acids is 1. The van der Waals surface area contributed by atoms with Gasteiger partial charge in [0.1, 0.15) is 0 Å². The lowest BCUT2D eigenvalue weighted by atomic mass is 10.1. The molecule has 0 aromatic heterocycles. The molecule has 2 nitrogen and oxygen atoms in total. The standard InChI is InChI=1S/C23H30O2S/c1-19(23(24)25)12-8-6-4-2-3-5-7-11-17-26-22-16-15-20-13-9-10-14-21(20)18-22/h9-10,13-16,18H,1-8,11-12,17H2,(H,24,25). The smallest absolute Gasteiger partial charge is 0.330 e. The Balaban J connectivity index is 1.45. The fourth-order valence-electron chi connectivity index (χ4n) is 3.06. The Morgan fingerprint density at radius 1 is 0.846 bits per heavy atom. The van der Waals surface area contributed by atoms with E-state index in [-0.39, 0.29) is 0 Å². The van der Waals surface area contributed by atoms with Crippen LogP contribution in [0.15, 0.2) is 59.5 Å². The summed E-state index contributed by atoms with van der Waals surface area (Å²) >= 11 is 1.96. The molecule has 0 amide bonds. The number of thioether (sulfide) groups is 1. The van der Waals surface area contributed by atoms with Crippen molar-refractivity contribution in [1.82, 2.24) is 0 Å². The molecule has 0 unspecified atom stereocenters. The van der Waals surface area contributed by atoms with Crippen molar-refractivity contribution in [2.24, 2.45) is 0 Å². The molecule has 0 fully saturated rings. The van der Waals surface area contributed by atoms with Crippen LogP contribution in [-0.2, 0) is 4.79 Å². The molecular weight excluding hydrogens is 340 g/mol. The van der Waals surface area contributed by atoms with Gasteiger partial charge in [0.25, 0.3) is 0 Å². The minimum Gasteiger partial charge on any atom is -0.478 e. The van der Waals surface area contributed by atoms with Gasteiger partial charge in [0.05, 0.1) is 0 Å². The van der Waals surface area contributed by atoms with Gasteiger partial charge >= 0.3 is 5.97 Å². The highest BCUT2D eigenvalue weighted by Gasteiger charge is 2.02. The minimum absolute atomic E-state index is 0.342. The van der Waals surface area contributed by atoms with Crippen molar-refractivity contribution in [2.45, 2.75) is 62.7 Å². The summed E-state index contributed by atoms with van der Waals surface area (Å²) in [7, 11) is 0. The zero-order valence-electron chi connectivity index (χ0n) is 15.6. The van der Waals surface area contributed by atoms with Gasteiger partial charge in [-0.3, -0.25) is 0 Å². The summed E-state index contributed by atoms with van der Waals surface area (Å²) in [5, 5.41) is 11.4. The van der Waals surface area contributed by atoms with Gasteiger partial charge in [-0.2, -0.15) is 0 Å². The lowest BCUT2D eigenvalue weighted by molar-refractivity contribution is -0.132. The van der Waals surface area contributed by atoms with Crippen LogP contribution in [0.1, 0.15) is 57.8 Å². The van der Waals surface area contributed by atoms with Crippen molar-refractivity contribution in [3.8, 4) is 0 Å². The molecule has 2 rings (SSSR count). The molecule has 0 aliphatic carbocycles. The highest BCUT2D eigenvalue weighted by atomic mass is 32.2. The summed E-state index contributed by atoms with van der Waals surface area (Å²) in [6, 6.07) is 15.2. The van der Waals surface area contributed by atoms with Gasteiger partial charge in [0.15, 0.2) is 0 Å². The number of rotatable bonds is 13. The quantitative estimate of drug-likeness (QED) is 0.232. The first-order valence-corrected chi connectivity index (χ1v) is 10.7. The molecule has 3 heteroatoms. The molecule has 0 aliphatic heterocycles. The molecule has 140 valence electrons. The molecule has 0 atom stereocenters. The van der Waals surface area contributed by atoms with Crippen LogP contribution in [0.3, 0.4) is 0 Å². The van der Waals surface area contributed by atoms with Gasteiger partial charge in [-0.05, 0) is 47.9 Å². The van der Waals surface area contributed by atoms with Crippen molar-refractivity contribution >= 4 is 28.5 Å². The molecule has 0 spiro atoms. The Hall–Kier alpha value is -1.74. The Labute approximate surface area is 161 Å². The van der Waals surface area contributed by atoms with Gasteiger partial charge in [0, 0.05) is 10.5 Å². The van der Waals surface area contributed by atoms with E-state index >= 15 is 0 Å². The van der Waals surface area contributed by atoms with E-state index in [9.17, 15) is 4.79 Å². The summed E-state index contributed by atoms with van der Waals surface area (Å²) in [6.07, 6.45) is 10.3. The van der Waals surface area contributed by atoms with Gasteiger partial charge < -0.3 is 5.11 Å². The molecule has 0 saturated carbocycles. The van der Waals surface area contributed by atoms with E-state index in [2.05, 4.69) is 49.0 Å². The van der Waals surface area contributed by atoms with Crippen molar-refractivity contribution in [3.05, 3.63) is 54.6 Å². The van der Waals surface area contributed by atoms with E-state index in [4.69, 9.17) is 5.11 Å². The highest BCUT2D eigenvalue weighted by Crippen LogP contribution is 2.24. The zero-order valence-corrected chi connectivity index (χ0v) is 16.4. The third-order valence-corrected chi connectivity index (χ3v) is 5.75. The van der Waals surface area contributed by atoms with Crippen LogP contribution < -0.4 is 0 Å². The average Bonchev–Trinajstić information content (AvgIpc) is 2.65. The maximum absolute atomic E-state index is 10.6. The SMILES string of the molecule is C=C(CCCCCCCCCCSc1ccc2ccccc2c1)C(=O)O. The van der Waals surface area contributed by atoms with E-state index in [0.29, 0.717) is 12.0 Å². The molecule has 1 N–H and O–H groups in total. The highest BCUT2D eigenvalue weighted by molar-refractivity contribution is 7.99. The van der Waals surface area contributed by atoms with Crippen LogP contribution in [0.25, 0.3) is 10.8 Å². The summed E-state index contributed by atoms with van der Waals surface area (Å²) in [6.45, 7) is 3.57. The number of benzene rings is 2. The monoisotopic (exact) mass is 370 g/mol. The lowest BCUT2D eigenvalue weighted by Crippen LogP contribution is -1.98. The maximum atomic E-state index is 10.6. The second kappa shape index (κ2) is 11.8. The van der Waals surface area contributed by atoms with Gasteiger partial charge in [-0.1, -0.05) is 75.4 Å². The van der Waals surface area contributed by atoms with Crippen LogP contribution in [0, 0.1) is 0 Å².